The molecule has 0 fully saturated rings. The lowest BCUT2D eigenvalue weighted by molar-refractivity contribution is 0.0888. The highest BCUT2D eigenvalue weighted by atomic mass is 16.3. The Hall–Kier alpha value is -1.16. The van der Waals surface area contributed by atoms with Crippen LogP contribution in [-0.2, 0) is 0 Å². The van der Waals surface area contributed by atoms with Crippen LogP contribution in [0.4, 0.5) is 0 Å². The van der Waals surface area contributed by atoms with E-state index in [1.165, 1.54) is 4.57 Å². The fourth-order valence-corrected chi connectivity index (χ4v) is 0.992. The van der Waals surface area contributed by atoms with Gasteiger partial charge in [0, 0.05) is 25.4 Å². The molecular formula is C8H12N2O2. The highest BCUT2D eigenvalue weighted by molar-refractivity contribution is 5.79. The average molecular weight is 168 g/mol. The Morgan fingerprint density at radius 1 is 1.75 bits per heavy atom. The number of rotatable bonds is 3. The summed E-state index contributed by atoms with van der Waals surface area (Å²) >= 11 is 0. The van der Waals surface area contributed by atoms with Crippen molar-refractivity contribution in [2.24, 2.45) is 0 Å². The maximum absolute atomic E-state index is 11.3. The van der Waals surface area contributed by atoms with E-state index in [0.29, 0.717) is 18.7 Å². The highest BCUT2D eigenvalue weighted by Gasteiger charge is 2.05. The Morgan fingerprint density at radius 3 is 3.00 bits per heavy atom. The van der Waals surface area contributed by atoms with Gasteiger partial charge in [-0.1, -0.05) is 0 Å². The molecule has 12 heavy (non-hydrogen) atoms. The van der Waals surface area contributed by atoms with Crippen molar-refractivity contribution < 1.29 is 9.90 Å². The molecule has 0 unspecified atom stereocenters. The van der Waals surface area contributed by atoms with E-state index in [9.17, 15) is 4.79 Å². The first-order valence-corrected chi connectivity index (χ1v) is 3.89. The quantitative estimate of drug-likeness (QED) is 0.719. The van der Waals surface area contributed by atoms with Crippen LogP contribution >= 0.6 is 0 Å². The van der Waals surface area contributed by atoms with Gasteiger partial charge in [-0.05, 0) is 13.3 Å². The van der Waals surface area contributed by atoms with Crippen molar-refractivity contribution in [3.63, 3.8) is 0 Å². The van der Waals surface area contributed by atoms with Crippen LogP contribution in [0.1, 0.15) is 23.5 Å². The summed E-state index contributed by atoms with van der Waals surface area (Å²) in [6, 6.07) is 0. The Morgan fingerprint density at radius 2 is 2.50 bits per heavy atom. The lowest BCUT2D eigenvalue weighted by atomic mass is 10.3. The summed E-state index contributed by atoms with van der Waals surface area (Å²) in [6.45, 7) is 1.83. The summed E-state index contributed by atoms with van der Waals surface area (Å²) in [6.07, 6.45) is 4.10. The van der Waals surface area contributed by atoms with Crippen molar-refractivity contribution in [1.82, 2.24) is 9.55 Å². The topological polar surface area (TPSA) is 55.1 Å². The van der Waals surface area contributed by atoms with Crippen molar-refractivity contribution in [3.8, 4) is 0 Å². The molecule has 1 aromatic heterocycles. The molecule has 1 rings (SSSR count). The number of hydrogen-bond donors (Lipinski definition) is 1. The van der Waals surface area contributed by atoms with Crippen LogP contribution in [-0.4, -0.2) is 27.2 Å². The first-order valence-electron chi connectivity index (χ1n) is 3.89. The summed E-state index contributed by atoms with van der Waals surface area (Å²) < 4.78 is 1.50. The number of nitrogens with zero attached hydrogens (tertiary/aromatic N) is 2. The monoisotopic (exact) mass is 168 g/mol. The maximum atomic E-state index is 11.3. The van der Waals surface area contributed by atoms with Gasteiger partial charge in [-0.3, -0.25) is 9.36 Å². The van der Waals surface area contributed by atoms with Gasteiger partial charge in [0.15, 0.2) is 0 Å². The fraction of sp³-hybridized carbons (Fsp3) is 0.500. The minimum atomic E-state index is -0.0148. The number of imidazole rings is 1. The van der Waals surface area contributed by atoms with Gasteiger partial charge in [0.1, 0.15) is 5.82 Å². The van der Waals surface area contributed by atoms with E-state index in [0.717, 1.165) is 0 Å². The standard InChI is InChI=1S/C8H12N2O2/c1-7-9-4-5-10(7)8(12)3-2-6-11/h4-5,11H,2-3,6H2,1H3. The maximum Gasteiger partial charge on any atom is 0.232 e. The lowest BCUT2D eigenvalue weighted by Crippen LogP contribution is -2.11. The molecule has 0 aliphatic carbocycles. The normalized spacial score (nSPS) is 10.2. The van der Waals surface area contributed by atoms with Gasteiger partial charge in [-0.25, -0.2) is 4.98 Å². The third-order valence-electron chi connectivity index (χ3n) is 1.64. The first-order chi connectivity index (χ1) is 5.75. The summed E-state index contributed by atoms with van der Waals surface area (Å²) in [5.74, 6) is 0.678. The van der Waals surface area contributed by atoms with Gasteiger partial charge >= 0.3 is 0 Å². The number of aliphatic hydroxyl groups excluding tert-OH is 1. The summed E-state index contributed by atoms with van der Waals surface area (Å²) in [5, 5.41) is 8.50. The van der Waals surface area contributed by atoms with Crippen molar-refractivity contribution >= 4 is 5.91 Å². The Balaban J connectivity index is 2.59. The van der Waals surface area contributed by atoms with E-state index in [1.807, 2.05) is 0 Å². The van der Waals surface area contributed by atoms with Crippen LogP contribution in [0.2, 0.25) is 0 Å². The molecule has 0 aliphatic heterocycles. The molecular weight excluding hydrogens is 156 g/mol. The van der Waals surface area contributed by atoms with Crippen LogP contribution in [0.5, 0.6) is 0 Å². The number of aromatic nitrogens is 2. The van der Waals surface area contributed by atoms with Crippen LogP contribution < -0.4 is 0 Å². The number of carbonyl (C=O) groups is 1. The third kappa shape index (κ3) is 1.92. The van der Waals surface area contributed by atoms with Crippen LogP contribution in [0.3, 0.4) is 0 Å². The van der Waals surface area contributed by atoms with Crippen molar-refractivity contribution in [1.29, 1.82) is 0 Å². The fourth-order valence-electron chi connectivity index (χ4n) is 0.992. The van der Waals surface area contributed by atoms with E-state index >= 15 is 0 Å². The second-order valence-electron chi connectivity index (χ2n) is 2.57. The third-order valence-corrected chi connectivity index (χ3v) is 1.64. The van der Waals surface area contributed by atoms with Gasteiger partial charge < -0.3 is 5.11 Å². The zero-order valence-corrected chi connectivity index (χ0v) is 7.03. The molecule has 4 heteroatoms. The van der Waals surface area contributed by atoms with Gasteiger partial charge in [0.2, 0.25) is 5.91 Å². The minimum absolute atomic E-state index is 0.0148. The van der Waals surface area contributed by atoms with Crippen LogP contribution in [0, 0.1) is 6.92 Å². The molecule has 0 atom stereocenters. The molecule has 0 aromatic carbocycles. The number of aryl methyl sites for hydroxylation is 1. The number of carbonyl (C=O) groups excluding carboxylic acids is 1. The molecule has 1 N–H and O–H groups in total. The van der Waals surface area contributed by atoms with Crippen LogP contribution in [0.15, 0.2) is 12.4 Å². The van der Waals surface area contributed by atoms with E-state index in [2.05, 4.69) is 4.98 Å². The van der Waals surface area contributed by atoms with Crippen LogP contribution in [0.25, 0.3) is 0 Å². The first kappa shape index (κ1) is 8.93. The average Bonchev–Trinajstić information content (AvgIpc) is 2.47. The number of hydrogen-bond acceptors (Lipinski definition) is 3. The second-order valence-corrected chi connectivity index (χ2v) is 2.57. The van der Waals surface area contributed by atoms with Crippen molar-refractivity contribution in [2.75, 3.05) is 6.61 Å². The van der Waals surface area contributed by atoms with Gasteiger partial charge in [0.25, 0.3) is 0 Å². The molecule has 0 bridgehead atoms. The highest BCUT2D eigenvalue weighted by Crippen LogP contribution is 1.99. The zero-order valence-electron chi connectivity index (χ0n) is 7.03. The smallest absolute Gasteiger partial charge is 0.232 e. The summed E-state index contributed by atoms with van der Waals surface area (Å²) in [7, 11) is 0. The van der Waals surface area contributed by atoms with E-state index in [1.54, 1.807) is 19.3 Å². The Labute approximate surface area is 70.9 Å². The van der Waals surface area contributed by atoms with E-state index < -0.39 is 0 Å². The predicted molar refractivity (Wildman–Crippen MR) is 43.9 cm³/mol. The molecule has 0 saturated carbocycles. The molecule has 66 valence electrons. The van der Waals surface area contributed by atoms with Crippen molar-refractivity contribution in [2.45, 2.75) is 19.8 Å². The number of aliphatic hydroxyl groups is 1. The second kappa shape index (κ2) is 4.01. The largest absolute Gasteiger partial charge is 0.396 e. The predicted octanol–water partition coefficient (Wildman–Crippen LogP) is 0.604. The Kier molecular flexibility index (Phi) is 2.99. The van der Waals surface area contributed by atoms with E-state index in [4.69, 9.17) is 5.11 Å². The summed E-state index contributed by atoms with van der Waals surface area (Å²) in [4.78, 5) is 15.2. The lowest BCUT2D eigenvalue weighted by Gasteiger charge is -2.01. The molecule has 1 heterocycles. The Bertz CT molecular complexity index is 268. The molecule has 4 nitrogen and oxygen atoms in total. The molecule has 0 spiro atoms. The van der Waals surface area contributed by atoms with Gasteiger partial charge in [0.05, 0.1) is 0 Å². The molecule has 0 amide bonds. The molecule has 0 aliphatic rings. The molecule has 1 aromatic rings. The van der Waals surface area contributed by atoms with E-state index in [-0.39, 0.29) is 12.5 Å². The minimum Gasteiger partial charge on any atom is -0.396 e. The van der Waals surface area contributed by atoms with Crippen molar-refractivity contribution in [3.05, 3.63) is 18.2 Å². The summed E-state index contributed by atoms with van der Waals surface area (Å²) in [5.41, 5.74) is 0. The van der Waals surface area contributed by atoms with Gasteiger partial charge in [-0.15, -0.1) is 0 Å². The zero-order chi connectivity index (χ0) is 8.97. The SMILES string of the molecule is Cc1nccn1C(=O)CCCO. The molecule has 0 radical (unpaired) electrons. The van der Waals surface area contributed by atoms with Gasteiger partial charge in [-0.2, -0.15) is 0 Å². The molecule has 0 saturated heterocycles.